The standard InChI is InChI=1S/C34H44N4O5.2C2H6/c1-8-25-14-15-26-12-10-11-13-27(26)24-38(28(25)9-2)32(42)36(7)22-19-34(5,6)43-23-20-33(3,4)35-29(39)18-21-37-30(40)16-17-31(37)41;2*1-2/h8-17H,1-2,18-24H2,3-7H3,(H,35,39);2*1-2H3/b15-14-,28-25-;;. The molecule has 1 aromatic carbocycles. The van der Waals surface area contributed by atoms with Crippen LogP contribution in [0.15, 0.2) is 79.1 Å². The third-order valence-corrected chi connectivity index (χ3v) is 7.59. The Hall–Kier alpha value is -4.24. The molecule has 0 saturated heterocycles. The maximum Gasteiger partial charge on any atom is 0.324 e. The van der Waals surface area contributed by atoms with Crippen molar-refractivity contribution >= 4 is 29.8 Å². The average Bonchev–Trinajstić information content (AvgIpc) is 3.36. The predicted octanol–water partition coefficient (Wildman–Crippen LogP) is 7.03. The predicted molar refractivity (Wildman–Crippen MR) is 191 cm³/mol. The molecule has 1 aromatic rings. The summed E-state index contributed by atoms with van der Waals surface area (Å²) >= 11 is 0. The lowest BCUT2D eigenvalue weighted by molar-refractivity contribution is -0.137. The highest BCUT2D eigenvalue weighted by Crippen LogP contribution is 2.26. The summed E-state index contributed by atoms with van der Waals surface area (Å²) in [6.45, 7) is 25.0. The van der Waals surface area contributed by atoms with E-state index in [1.807, 2.05) is 91.8 Å². The Morgan fingerprint density at radius 2 is 1.55 bits per heavy atom. The van der Waals surface area contributed by atoms with Gasteiger partial charge in [0.2, 0.25) is 5.91 Å². The first kappa shape index (κ1) is 40.8. The molecule has 0 aliphatic carbocycles. The Labute approximate surface area is 282 Å². The van der Waals surface area contributed by atoms with E-state index in [-0.39, 0.29) is 24.9 Å². The van der Waals surface area contributed by atoms with Gasteiger partial charge in [0, 0.05) is 50.9 Å². The quantitative estimate of drug-likeness (QED) is 0.232. The molecular weight excluding hydrogens is 592 g/mol. The summed E-state index contributed by atoms with van der Waals surface area (Å²) < 4.78 is 6.20. The number of hydrogen-bond donors (Lipinski definition) is 1. The molecule has 0 aromatic heterocycles. The first-order valence-electron chi connectivity index (χ1n) is 16.5. The molecule has 2 aliphatic heterocycles. The first-order chi connectivity index (χ1) is 22.3. The van der Waals surface area contributed by atoms with Crippen LogP contribution in [-0.2, 0) is 25.7 Å². The summed E-state index contributed by atoms with van der Waals surface area (Å²) in [6, 6.07) is 7.85. The molecule has 0 atom stereocenters. The molecule has 0 radical (unpaired) electrons. The van der Waals surface area contributed by atoms with Crippen molar-refractivity contribution < 1.29 is 23.9 Å². The fraction of sp³-hybridized carbons (Fsp3) is 0.474. The normalized spacial score (nSPS) is 16.4. The largest absolute Gasteiger partial charge is 0.375 e. The van der Waals surface area contributed by atoms with Gasteiger partial charge in [-0.15, -0.1) is 0 Å². The van der Waals surface area contributed by atoms with Crippen LogP contribution in [0.4, 0.5) is 4.79 Å². The van der Waals surface area contributed by atoms with E-state index in [2.05, 4.69) is 18.5 Å². The van der Waals surface area contributed by atoms with Crippen molar-refractivity contribution in [2.24, 2.45) is 0 Å². The highest BCUT2D eigenvalue weighted by molar-refractivity contribution is 6.13. The van der Waals surface area contributed by atoms with E-state index < -0.39 is 23.0 Å². The number of urea groups is 1. The number of ether oxygens (including phenoxy) is 1. The van der Waals surface area contributed by atoms with Crippen molar-refractivity contribution in [2.45, 2.75) is 92.3 Å². The molecule has 5 amide bonds. The van der Waals surface area contributed by atoms with Gasteiger partial charge in [0.15, 0.2) is 0 Å². The number of rotatable bonds is 13. The van der Waals surface area contributed by atoms with Crippen molar-refractivity contribution in [1.29, 1.82) is 0 Å². The zero-order valence-electron chi connectivity index (χ0n) is 30.0. The van der Waals surface area contributed by atoms with E-state index >= 15 is 0 Å². The number of amides is 5. The van der Waals surface area contributed by atoms with Gasteiger partial charge in [-0.25, -0.2) is 4.79 Å². The monoisotopic (exact) mass is 648 g/mol. The third kappa shape index (κ3) is 12.5. The van der Waals surface area contributed by atoms with Crippen LogP contribution < -0.4 is 5.32 Å². The maximum atomic E-state index is 13.7. The number of fused-ring (bicyclic) bond motifs is 1. The van der Waals surface area contributed by atoms with E-state index in [9.17, 15) is 19.2 Å². The fourth-order valence-electron chi connectivity index (χ4n) is 4.85. The number of nitrogens with zero attached hydrogens (tertiary/aromatic N) is 3. The molecule has 9 nitrogen and oxygen atoms in total. The molecule has 2 heterocycles. The van der Waals surface area contributed by atoms with Crippen LogP contribution in [0.1, 0.15) is 85.8 Å². The van der Waals surface area contributed by atoms with Crippen molar-refractivity contribution in [3.05, 3.63) is 90.2 Å². The molecule has 0 saturated carbocycles. The number of benzene rings is 1. The summed E-state index contributed by atoms with van der Waals surface area (Å²) in [7, 11) is 1.78. The molecule has 258 valence electrons. The lowest BCUT2D eigenvalue weighted by Crippen LogP contribution is -2.46. The van der Waals surface area contributed by atoms with E-state index in [0.717, 1.165) is 21.6 Å². The summed E-state index contributed by atoms with van der Waals surface area (Å²) in [5.74, 6) is -1.04. The molecule has 0 bridgehead atoms. The minimum Gasteiger partial charge on any atom is -0.375 e. The SMILES string of the molecule is C=CC1=C(\C=C)N(C(=O)N(C)CCC(C)(C)OCCC(C)(C)NC(=O)CCN2C(=O)C=CC2=O)Cc2ccccc2/C=C\1.CC.CC. The zero-order valence-corrected chi connectivity index (χ0v) is 30.0. The molecular formula is C38H56N4O5. The Balaban J connectivity index is 0.00000265. The zero-order chi connectivity index (χ0) is 35.8. The third-order valence-electron chi connectivity index (χ3n) is 7.59. The minimum atomic E-state index is -0.552. The molecule has 0 fully saturated rings. The minimum absolute atomic E-state index is 0.0330. The number of carbonyl (C=O) groups excluding carboxylic acids is 4. The first-order valence-corrected chi connectivity index (χ1v) is 16.5. The molecule has 47 heavy (non-hydrogen) atoms. The van der Waals surface area contributed by atoms with Crippen LogP contribution in [0.3, 0.4) is 0 Å². The topological polar surface area (TPSA) is 99.3 Å². The van der Waals surface area contributed by atoms with Crippen molar-refractivity contribution in [1.82, 2.24) is 20.0 Å². The van der Waals surface area contributed by atoms with E-state index in [4.69, 9.17) is 4.74 Å². The number of nitrogens with one attached hydrogen (secondary N) is 1. The van der Waals surface area contributed by atoms with Crippen LogP contribution in [0.25, 0.3) is 6.08 Å². The smallest absolute Gasteiger partial charge is 0.324 e. The Bertz CT molecular complexity index is 1340. The van der Waals surface area contributed by atoms with Gasteiger partial charge in [0.05, 0.1) is 17.8 Å². The van der Waals surface area contributed by atoms with Gasteiger partial charge in [0.1, 0.15) is 0 Å². The summed E-state index contributed by atoms with van der Waals surface area (Å²) in [5.41, 5.74) is 2.54. The van der Waals surface area contributed by atoms with Crippen molar-refractivity contribution in [3.8, 4) is 0 Å². The Morgan fingerprint density at radius 1 is 0.936 bits per heavy atom. The van der Waals surface area contributed by atoms with Crippen LogP contribution in [0.2, 0.25) is 0 Å². The van der Waals surface area contributed by atoms with Gasteiger partial charge in [-0.3, -0.25) is 24.2 Å². The lowest BCUT2D eigenvalue weighted by atomic mass is 10.00. The summed E-state index contributed by atoms with van der Waals surface area (Å²) in [4.78, 5) is 54.1. The van der Waals surface area contributed by atoms with Crippen LogP contribution >= 0.6 is 0 Å². The van der Waals surface area contributed by atoms with Gasteiger partial charge < -0.3 is 15.0 Å². The molecule has 2 aliphatic rings. The maximum absolute atomic E-state index is 13.7. The summed E-state index contributed by atoms with van der Waals surface area (Å²) in [6.07, 6.45) is 11.0. The number of allylic oxidation sites excluding steroid dienone is 4. The molecule has 1 N–H and O–H groups in total. The van der Waals surface area contributed by atoms with Gasteiger partial charge in [-0.2, -0.15) is 0 Å². The van der Waals surface area contributed by atoms with Crippen LogP contribution in [-0.4, -0.2) is 76.3 Å². The Kier molecular flexibility index (Phi) is 16.9. The van der Waals surface area contributed by atoms with Crippen molar-refractivity contribution in [3.63, 3.8) is 0 Å². The molecule has 0 unspecified atom stereocenters. The molecule has 3 rings (SSSR count). The van der Waals surface area contributed by atoms with Gasteiger partial charge >= 0.3 is 6.03 Å². The van der Waals surface area contributed by atoms with Gasteiger partial charge in [-0.05, 0) is 63.3 Å². The average molecular weight is 649 g/mol. The van der Waals surface area contributed by atoms with Gasteiger partial charge in [-0.1, -0.05) is 83.3 Å². The number of hydrogen-bond acceptors (Lipinski definition) is 5. The molecule has 0 spiro atoms. The Morgan fingerprint density at radius 3 is 2.15 bits per heavy atom. The number of imide groups is 1. The lowest BCUT2D eigenvalue weighted by Gasteiger charge is -2.34. The van der Waals surface area contributed by atoms with Crippen LogP contribution in [0, 0.1) is 0 Å². The second-order valence-corrected chi connectivity index (χ2v) is 12.0. The second-order valence-electron chi connectivity index (χ2n) is 12.0. The fourth-order valence-corrected chi connectivity index (χ4v) is 4.85. The second kappa shape index (κ2) is 19.4. The highest BCUT2D eigenvalue weighted by atomic mass is 16.5. The highest BCUT2D eigenvalue weighted by Gasteiger charge is 2.28. The van der Waals surface area contributed by atoms with E-state index in [0.29, 0.717) is 38.2 Å². The van der Waals surface area contributed by atoms with Crippen LogP contribution in [0.5, 0.6) is 0 Å². The van der Waals surface area contributed by atoms with Gasteiger partial charge in [0.25, 0.3) is 11.8 Å². The molecule has 9 heteroatoms. The van der Waals surface area contributed by atoms with E-state index in [1.165, 1.54) is 12.2 Å². The number of carbonyl (C=O) groups is 4. The van der Waals surface area contributed by atoms with Crippen molar-refractivity contribution in [2.75, 3.05) is 26.7 Å². The van der Waals surface area contributed by atoms with E-state index in [1.54, 1.807) is 29.0 Å². The summed E-state index contributed by atoms with van der Waals surface area (Å²) in [5, 5.41) is 2.96.